The van der Waals surface area contributed by atoms with Crippen LogP contribution < -0.4 is 10.6 Å². The monoisotopic (exact) mass is 848 g/mol. The maximum atomic E-state index is 12.9. The number of nitrogens with one attached hydrogen (secondary N) is 2. The van der Waals surface area contributed by atoms with Crippen LogP contribution in [-0.2, 0) is 52.3 Å². The fourth-order valence-corrected chi connectivity index (χ4v) is 7.28. The number of carboxylic acids is 1. The number of rotatable bonds is 16. The van der Waals surface area contributed by atoms with Crippen molar-refractivity contribution in [3.05, 3.63) is 0 Å². The molecule has 4 saturated heterocycles. The van der Waals surface area contributed by atoms with Crippen LogP contribution in [0.1, 0.15) is 34.1 Å². The molecular formula is C33H56N2O23. The minimum atomic E-state index is -3.10. The van der Waals surface area contributed by atoms with Crippen LogP contribution in [0.3, 0.4) is 0 Å². The van der Waals surface area contributed by atoms with Gasteiger partial charge in [0.25, 0.3) is 5.79 Å². The molecule has 4 aliphatic heterocycles. The van der Waals surface area contributed by atoms with Gasteiger partial charge >= 0.3 is 5.97 Å². The van der Waals surface area contributed by atoms with Crippen molar-refractivity contribution in [3.63, 3.8) is 0 Å². The van der Waals surface area contributed by atoms with Gasteiger partial charge in [-0.15, -0.1) is 0 Å². The van der Waals surface area contributed by atoms with Crippen molar-refractivity contribution < 1.29 is 114 Å². The van der Waals surface area contributed by atoms with Gasteiger partial charge in [-0.25, -0.2) is 4.79 Å². The molecule has 0 radical (unpaired) electrons. The van der Waals surface area contributed by atoms with E-state index in [-0.39, 0.29) is 6.61 Å². The number of hydrogen-bond acceptors (Lipinski definition) is 22. The van der Waals surface area contributed by atoms with Crippen molar-refractivity contribution in [2.45, 2.75) is 162 Å². The van der Waals surface area contributed by atoms with E-state index in [0.717, 1.165) is 13.8 Å². The van der Waals surface area contributed by atoms with Crippen LogP contribution in [0.4, 0.5) is 0 Å². The highest BCUT2D eigenvalue weighted by molar-refractivity contribution is 5.76. The Bertz CT molecular complexity index is 1370. The number of carbonyl (C=O) groups excluding carboxylic acids is 2. The van der Waals surface area contributed by atoms with E-state index >= 15 is 0 Å². The van der Waals surface area contributed by atoms with E-state index in [0.29, 0.717) is 0 Å². The van der Waals surface area contributed by atoms with E-state index in [4.69, 9.17) is 37.9 Å². The molecule has 58 heavy (non-hydrogen) atoms. The summed E-state index contributed by atoms with van der Waals surface area (Å²) in [6.45, 7) is 2.10. The lowest BCUT2D eigenvalue weighted by molar-refractivity contribution is -0.391. The van der Waals surface area contributed by atoms with Gasteiger partial charge in [-0.05, 0) is 13.8 Å². The second kappa shape index (κ2) is 20.5. The van der Waals surface area contributed by atoms with Gasteiger partial charge in [-0.3, -0.25) is 9.59 Å². The summed E-state index contributed by atoms with van der Waals surface area (Å²) in [5, 5.41) is 132. The summed E-state index contributed by atoms with van der Waals surface area (Å²) < 4.78 is 46.4. The first kappa shape index (κ1) is 48.3. The Morgan fingerprint density at radius 1 is 0.741 bits per heavy atom. The highest BCUT2D eigenvalue weighted by Gasteiger charge is 2.60. The van der Waals surface area contributed by atoms with E-state index in [1.807, 2.05) is 0 Å². The summed E-state index contributed by atoms with van der Waals surface area (Å²) in [7, 11) is 0. The van der Waals surface area contributed by atoms with Crippen LogP contribution in [0, 0.1) is 0 Å². The molecule has 0 spiro atoms. The minimum Gasteiger partial charge on any atom is -0.477 e. The average molecular weight is 849 g/mol. The van der Waals surface area contributed by atoms with Crippen LogP contribution in [0.15, 0.2) is 0 Å². The number of aliphatic hydroxyl groups excluding tert-OH is 11. The first-order valence-electron chi connectivity index (χ1n) is 18.5. The highest BCUT2D eigenvalue weighted by atomic mass is 16.8. The zero-order chi connectivity index (χ0) is 43.4. The van der Waals surface area contributed by atoms with E-state index in [1.54, 1.807) is 6.92 Å². The Balaban J connectivity index is 1.73. The molecule has 0 bridgehead atoms. The standard InChI is InChI=1S/C33H56N2O23/c1-5-51-29-18(35-12(4)40)27(56-30-23(47)22(46)19(43)10(2)52-30)25(16(9-38)54-29)55-31-24(48)28(21(45)15(8-37)53-31)58-33(32(49)50)6-13(41)17(34-11(3)39)26(57-33)20(44)14(42)7-36/h10,13-31,36-38,41-48H,5-9H2,1-4H3,(H,34,39)(H,35,40)(H,49,50)/t10?,13-,14-,15?,16?,17-,18?,19-,20-,21+,22+,23?,24?,25-,26?,27?,28?,29-,30+,31+,33+/m1/s1. The topological polar surface area (TPSA) is 392 Å². The molecule has 4 fully saturated rings. The van der Waals surface area contributed by atoms with Gasteiger partial charge in [0.05, 0.1) is 38.1 Å². The molecule has 0 aromatic carbocycles. The Morgan fingerprint density at radius 3 is 1.86 bits per heavy atom. The second-order valence-electron chi connectivity index (χ2n) is 14.5. The molecule has 14 N–H and O–H groups in total. The van der Waals surface area contributed by atoms with Crippen molar-refractivity contribution in [2.24, 2.45) is 0 Å². The normalized spacial score (nSPS) is 44.5. The summed E-state index contributed by atoms with van der Waals surface area (Å²) in [5.41, 5.74) is 0. The molecule has 9 unspecified atom stereocenters. The molecule has 25 heteroatoms. The fraction of sp³-hybridized carbons (Fsp3) is 0.909. The van der Waals surface area contributed by atoms with E-state index in [9.17, 15) is 75.7 Å². The van der Waals surface area contributed by atoms with Gasteiger partial charge < -0.3 is 110 Å². The molecule has 0 aromatic heterocycles. The van der Waals surface area contributed by atoms with Crippen LogP contribution >= 0.6 is 0 Å². The number of aliphatic hydroxyl groups is 11. The number of aliphatic carboxylic acids is 1. The Kier molecular flexibility index (Phi) is 17.1. The van der Waals surface area contributed by atoms with Crippen molar-refractivity contribution in [1.82, 2.24) is 10.6 Å². The molecule has 2 amide bonds. The van der Waals surface area contributed by atoms with Crippen molar-refractivity contribution in [2.75, 3.05) is 26.4 Å². The third-order valence-corrected chi connectivity index (χ3v) is 10.3. The maximum Gasteiger partial charge on any atom is 0.364 e. The number of ether oxygens (including phenoxy) is 8. The smallest absolute Gasteiger partial charge is 0.364 e. The first-order chi connectivity index (χ1) is 27.2. The number of carboxylic acid groups (broad SMARTS) is 1. The Labute approximate surface area is 330 Å². The Morgan fingerprint density at radius 2 is 1.31 bits per heavy atom. The average Bonchev–Trinajstić information content (AvgIpc) is 3.17. The molecule has 0 aliphatic carbocycles. The van der Waals surface area contributed by atoms with E-state index in [1.165, 1.54) is 6.92 Å². The SMILES string of the molecule is CCO[C@@H]1OC(CO)[C@@H](O[C@@H]2OC(CO)[C@H](O)C(O[C@]3(C(=O)O)C[C@@H](O)[C@@H](NC(C)=O)C([C@H](O)[C@H](O)CO)O3)C2O)C(O[C@@H]2OC(C)[C@@H](O)[C@H](O)C2O)C1NC(C)=O. The lowest BCUT2D eigenvalue weighted by atomic mass is 9.88. The van der Waals surface area contributed by atoms with Gasteiger partial charge in [0, 0.05) is 26.9 Å². The third-order valence-electron chi connectivity index (χ3n) is 10.3. The van der Waals surface area contributed by atoms with Gasteiger partial charge in [0.2, 0.25) is 11.8 Å². The largest absolute Gasteiger partial charge is 0.477 e. The zero-order valence-electron chi connectivity index (χ0n) is 31.9. The summed E-state index contributed by atoms with van der Waals surface area (Å²) >= 11 is 0. The molecule has 4 heterocycles. The predicted octanol–water partition coefficient (Wildman–Crippen LogP) is -8.18. The predicted molar refractivity (Wildman–Crippen MR) is 182 cm³/mol. The zero-order valence-corrected chi connectivity index (χ0v) is 31.9. The second-order valence-corrected chi connectivity index (χ2v) is 14.5. The number of amides is 2. The number of carbonyl (C=O) groups is 3. The molecule has 25 nitrogen and oxygen atoms in total. The highest BCUT2D eigenvalue weighted by Crippen LogP contribution is 2.39. The summed E-state index contributed by atoms with van der Waals surface area (Å²) in [4.78, 5) is 37.3. The number of hydrogen-bond donors (Lipinski definition) is 14. The van der Waals surface area contributed by atoms with Gasteiger partial charge in [0.15, 0.2) is 18.9 Å². The van der Waals surface area contributed by atoms with Crippen molar-refractivity contribution >= 4 is 17.8 Å². The summed E-state index contributed by atoms with van der Waals surface area (Å²) in [5.74, 6) is -6.55. The molecule has 0 saturated carbocycles. The summed E-state index contributed by atoms with van der Waals surface area (Å²) in [6.07, 6.45) is -33.9. The van der Waals surface area contributed by atoms with Gasteiger partial charge in [0.1, 0.15) is 85.4 Å². The van der Waals surface area contributed by atoms with Crippen LogP contribution in [0.5, 0.6) is 0 Å². The first-order valence-corrected chi connectivity index (χ1v) is 18.5. The van der Waals surface area contributed by atoms with Gasteiger partial charge in [-0.2, -0.15) is 0 Å². The Hall–Kier alpha value is -2.35. The van der Waals surface area contributed by atoms with Crippen LogP contribution in [0.25, 0.3) is 0 Å². The minimum absolute atomic E-state index is 0.00826. The molecule has 4 rings (SSSR count). The summed E-state index contributed by atoms with van der Waals surface area (Å²) in [6, 6.07) is -2.97. The molecule has 336 valence electrons. The maximum absolute atomic E-state index is 12.9. The molecule has 0 aromatic rings. The lowest BCUT2D eigenvalue weighted by Crippen LogP contribution is -2.71. The van der Waals surface area contributed by atoms with E-state index in [2.05, 4.69) is 10.6 Å². The van der Waals surface area contributed by atoms with E-state index < -0.39 is 172 Å². The lowest BCUT2D eigenvalue weighted by Gasteiger charge is -2.51. The van der Waals surface area contributed by atoms with Gasteiger partial charge in [-0.1, -0.05) is 0 Å². The quantitative estimate of drug-likeness (QED) is 0.0686. The molecule has 21 atom stereocenters. The van der Waals surface area contributed by atoms with Crippen molar-refractivity contribution in [3.8, 4) is 0 Å². The van der Waals surface area contributed by atoms with Crippen LogP contribution in [0.2, 0.25) is 0 Å². The molecule has 4 aliphatic rings. The molecular weight excluding hydrogens is 792 g/mol. The third kappa shape index (κ3) is 10.4. The fourth-order valence-electron chi connectivity index (χ4n) is 7.28. The van der Waals surface area contributed by atoms with Crippen molar-refractivity contribution in [1.29, 1.82) is 0 Å². The van der Waals surface area contributed by atoms with Crippen LogP contribution in [-0.4, -0.2) is 234 Å².